The molecule has 1 heterocycles. The zero-order valence-electron chi connectivity index (χ0n) is 17.1. The highest BCUT2D eigenvalue weighted by molar-refractivity contribution is 6.07. The van der Waals surface area contributed by atoms with Crippen LogP contribution < -0.4 is 20.1 Å². The lowest BCUT2D eigenvalue weighted by Gasteiger charge is -2.13. The lowest BCUT2D eigenvalue weighted by atomic mass is 10.1. The Labute approximate surface area is 176 Å². The van der Waals surface area contributed by atoms with Gasteiger partial charge in [-0.15, -0.1) is 0 Å². The van der Waals surface area contributed by atoms with Gasteiger partial charge in [-0.3, -0.25) is 9.59 Å². The normalized spacial score (nSPS) is 15.7. The van der Waals surface area contributed by atoms with Crippen LogP contribution in [0.4, 0.5) is 5.69 Å². The zero-order chi connectivity index (χ0) is 21.3. The summed E-state index contributed by atoms with van der Waals surface area (Å²) in [7, 11) is 3.13. The molecule has 0 radical (unpaired) electrons. The number of carbonyl (C=O) groups excluding carboxylic acids is 2. The molecule has 3 rings (SSSR count). The Hall–Kier alpha value is -3.32. The SMILES string of the molecule is COc1ccc(OC)c(/C=C/C(=O)Nc2ccccc2C(=O)NCC2CCCO2)c1. The summed E-state index contributed by atoms with van der Waals surface area (Å²) in [5.74, 6) is 0.664. The highest BCUT2D eigenvalue weighted by atomic mass is 16.5. The van der Waals surface area contributed by atoms with Crippen molar-refractivity contribution >= 4 is 23.6 Å². The second kappa shape index (κ2) is 10.5. The third-order valence-electron chi connectivity index (χ3n) is 4.79. The number of benzene rings is 2. The minimum absolute atomic E-state index is 0.0523. The molecular weight excluding hydrogens is 384 g/mol. The van der Waals surface area contributed by atoms with Gasteiger partial charge in [-0.25, -0.2) is 0 Å². The molecule has 1 atom stereocenters. The van der Waals surface area contributed by atoms with Crippen LogP contribution in [0.3, 0.4) is 0 Å². The molecule has 2 aromatic rings. The molecule has 1 aliphatic rings. The van der Waals surface area contributed by atoms with Crippen molar-refractivity contribution in [3.63, 3.8) is 0 Å². The molecule has 2 N–H and O–H groups in total. The summed E-state index contributed by atoms with van der Waals surface area (Å²) in [5, 5.41) is 5.64. The van der Waals surface area contributed by atoms with Gasteiger partial charge in [0.1, 0.15) is 11.5 Å². The van der Waals surface area contributed by atoms with E-state index >= 15 is 0 Å². The number of methoxy groups -OCH3 is 2. The largest absolute Gasteiger partial charge is 0.497 e. The van der Waals surface area contributed by atoms with Crippen LogP contribution >= 0.6 is 0 Å². The molecule has 2 amide bonds. The van der Waals surface area contributed by atoms with E-state index in [1.165, 1.54) is 6.08 Å². The second-order valence-corrected chi connectivity index (χ2v) is 6.82. The van der Waals surface area contributed by atoms with E-state index < -0.39 is 0 Å². The number of hydrogen-bond acceptors (Lipinski definition) is 5. The number of rotatable bonds is 8. The Morgan fingerprint density at radius 1 is 1.17 bits per heavy atom. The van der Waals surface area contributed by atoms with E-state index in [4.69, 9.17) is 14.2 Å². The number of anilines is 1. The topological polar surface area (TPSA) is 85.9 Å². The van der Waals surface area contributed by atoms with Gasteiger partial charge >= 0.3 is 0 Å². The molecule has 1 aliphatic heterocycles. The maximum atomic E-state index is 12.6. The summed E-state index contributed by atoms with van der Waals surface area (Å²) in [6.45, 7) is 1.19. The van der Waals surface area contributed by atoms with Crippen LogP contribution in [0.15, 0.2) is 48.5 Å². The van der Waals surface area contributed by atoms with Crippen LogP contribution in [0.2, 0.25) is 0 Å². The first-order valence-corrected chi connectivity index (χ1v) is 9.80. The maximum absolute atomic E-state index is 12.6. The van der Waals surface area contributed by atoms with Gasteiger partial charge in [-0.1, -0.05) is 12.1 Å². The average Bonchev–Trinajstić information content (AvgIpc) is 3.30. The number of carbonyl (C=O) groups is 2. The van der Waals surface area contributed by atoms with Crippen molar-refractivity contribution in [3.05, 3.63) is 59.7 Å². The van der Waals surface area contributed by atoms with Crippen LogP contribution in [-0.4, -0.2) is 45.3 Å². The predicted molar refractivity (Wildman–Crippen MR) is 115 cm³/mol. The van der Waals surface area contributed by atoms with Gasteiger partial charge in [0, 0.05) is 24.8 Å². The number of para-hydroxylation sites is 1. The van der Waals surface area contributed by atoms with Crippen LogP contribution in [0.25, 0.3) is 6.08 Å². The summed E-state index contributed by atoms with van der Waals surface area (Å²) in [6.07, 6.45) is 5.03. The van der Waals surface area contributed by atoms with Crippen molar-refractivity contribution in [2.75, 3.05) is 32.7 Å². The van der Waals surface area contributed by atoms with E-state index in [2.05, 4.69) is 10.6 Å². The standard InChI is InChI=1S/C23H26N2O5/c1-28-17-10-11-21(29-2)16(14-17)9-12-22(26)25-20-8-4-3-7-19(20)23(27)24-15-18-6-5-13-30-18/h3-4,7-12,14,18H,5-6,13,15H2,1-2H3,(H,24,27)(H,25,26)/b12-9+. The molecule has 0 spiro atoms. The minimum atomic E-state index is -0.362. The molecule has 7 heteroatoms. The summed E-state index contributed by atoms with van der Waals surface area (Å²) >= 11 is 0. The first-order valence-electron chi connectivity index (χ1n) is 9.80. The lowest BCUT2D eigenvalue weighted by Crippen LogP contribution is -2.32. The summed E-state index contributed by atoms with van der Waals surface area (Å²) < 4.78 is 16.1. The third kappa shape index (κ3) is 5.61. The average molecular weight is 410 g/mol. The molecule has 158 valence electrons. The van der Waals surface area contributed by atoms with Crippen molar-refractivity contribution < 1.29 is 23.8 Å². The van der Waals surface area contributed by atoms with E-state index in [1.807, 2.05) is 0 Å². The third-order valence-corrected chi connectivity index (χ3v) is 4.79. The summed E-state index contributed by atoms with van der Waals surface area (Å²) in [5.41, 5.74) is 1.54. The molecule has 7 nitrogen and oxygen atoms in total. The molecule has 2 aromatic carbocycles. The zero-order valence-corrected chi connectivity index (χ0v) is 17.1. The molecule has 0 bridgehead atoms. The van der Waals surface area contributed by atoms with E-state index in [1.54, 1.807) is 62.8 Å². The minimum Gasteiger partial charge on any atom is -0.497 e. The highest BCUT2D eigenvalue weighted by Crippen LogP contribution is 2.25. The van der Waals surface area contributed by atoms with Crippen LogP contribution in [0, 0.1) is 0 Å². The van der Waals surface area contributed by atoms with Gasteiger partial charge in [-0.2, -0.15) is 0 Å². The van der Waals surface area contributed by atoms with Crippen molar-refractivity contribution in [2.45, 2.75) is 18.9 Å². The lowest BCUT2D eigenvalue weighted by molar-refractivity contribution is -0.111. The second-order valence-electron chi connectivity index (χ2n) is 6.82. The van der Waals surface area contributed by atoms with Gasteiger partial charge in [0.05, 0.1) is 31.6 Å². The monoisotopic (exact) mass is 410 g/mol. The highest BCUT2D eigenvalue weighted by Gasteiger charge is 2.18. The first-order chi connectivity index (χ1) is 14.6. The molecule has 1 fully saturated rings. The van der Waals surface area contributed by atoms with Gasteiger partial charge in [0.15, 0.2) is 0 Å². The predicted octanol–water partition coefficient (Wildman–Crippen LogP) is 3.26. The van der Waals surface area contributed by atoms with Gasteiger partial charge in [0.25, 0.3) is 5.91 Å². The smallest absolute Gasteiger partial charge is 0.253 e. The molecule has 30 heavy (non-hydrogen) atoms. The Bertz CT molecular complexity index is 920. The van der Waals surface area contributed by atoms with Gasteiger partial charge < -0.3 is 24.8 Å². The van der Waals surface area contributed by atoms with Crippen molar-refractivity contribution in [3.8, 4) is 11.5 Å². The molecule has 0 aromatic heterocycles. The Balaban J connectivity index is 1.67. The van der Waals surface area contributed by atoms with Crippen LogP contribution in [0.5, 0.6) is 11.5 Å². The molecular formula is C23H26N2O5. The van der Waals surface area contributed by atoms with Crippen molar-refractivity contribution in [2.24, 2.45) is 0 Å². The number of nitrogens with one attached hydrogen (secondary N) is 2. The fourth-order valence-corrected chi connectivity index (χ4v) is 3.21. The molecule has 0 saturated carbocycles. The summed E-state index contributed by atoms with van der Waals surface area (Å²) in [4.78, 5) is 25.0. The van der Waals surface area contributed by atoms with E-state index in [9.17, 15) is 9.59 Å². The number of ether oxygens (including phenoxy) is 3. The molecule has 1 saturated heterocycles. The van der Waals surface area contributed by atoms with E-state index in [0.717, 1.165) is 19.4 Å². The Morgan fingerprint density at radius 3 is 2.73 bits per heavy atom. The fraction of sp³-hybridized carbons (Fsp3) is 0.304. The van der Waals surface area contributed by atoms with Crippen LogP contribution in [0.1, 0.15) is 28.8 Å². The fourth-order valence-electron chi connectivity index (χ4n) is 3.21. The molecule has 0 aliphatic carbocycles. The molecule has 1 unspecified atom stereocenters. The van der Waals surface area contributed by atoms with Crippen LogP contribution in [-0.2, 0) is 9.53 Å². The van der Waals surface area contributed by atoms with E-state index in [-0.39, 0.29) is 17.9 Å². The van der Waals surface area contributed by atoms with Gasteiger partial charge in [0.2, 0.25) is 5.91 Å². The van der Waals surface area contributed by atoms with Crippen molar-refractivity contribution in [1.82, 2.24) is 5.32 Å². The number of hydrogen-bond donors (Lipinski definition) is 2. The maximum Gasteiger partial charge on any atom is 0.253 e. The Kier molecular flexibility index (Phi) is 7.45. The Morgan fingerprint density at radius 2 is 2.00 bits per heavy atom. The van der Waals surface area contributed by atoms with Crippen molar-refractivity contribution in [1.29, 1.82) is 0 Å². The number of amides is 2. The quantitative estimate of drug-likeness (QED) is 0.653. The van der Waals surface area contributed by atoms with E-state index in [0.29, 0.717) is 34.9 Å². The van der Waals surface area contributed by atoms with Gasteiger partial charge in [-0.05, 0) is 49.2 Å². The first kappa shape index (κ1) is 21.4. The summed E-state index contributed by atoms with van der Waals surface area (Å²) in [6, 6.07) is 12.2.